The predicted octanol–water partition coefficient (Wildman–Crippen LogP) is 2.65. The van der Waals surface area contributed by atoms with Gasteiger partial charge in [0.25, 0.3) is 11.7 Å². The Hall–Kier alpha value is -2.83. The molecule has 0 bridgehead atoms. The smallest absolute Gasteiger partial charge is 0.265 e. The van der Waals surface area contributed by atoms with Crippen molar-refractivity contribution >= 4 is 34.3 Å². The zero-order valence-corrected chi connectivity index (χ0v) is 14.6. The second-order valence-corrected chi connectivity index (χ2v) is 7.30. The summed E-state index contributed by atoms with van der Waals surface area (Å²) in [4.78, 5) is 18.8. The summed E-state index contributed by atoms with van der Waals surface area (Å²) < 4.78 is 1.37. The summed E-state index contributed by atoms with van der Waals surface area (Å²) in [6.45, 7) is -0.00221. The van der Waals surface area contributed by atoms with E-state index in [0.717, 1.165) is 15.5 Å². The number of hydrogen-bond donors (Lipinski definition) is 0. The Morgan fingerprint density at radius 3 is 2.84 bits per heavy atom. The van der Waals surface area contributed by atoms with Gasteiger partial charge in [0.15, 0.2) is 0 Å². The number of nitriles is 1. The molecule has 3 aromatic heterocycles. The van der Waals surface area contributed by atoms with Gasteiger partial charge in [-0.25, -0.2) is 14.7 Å². The molecule has 9 heteroatoms. The first-order chi connectivity index (χ1) is 12.2. The van der Waals surface area contributed by atoms with Crippen LogP contribution < -0.4 is 0 Å². The third-order valence-electron chi connectivity index (χ3n) is 3.78. The number of carbonyl (C=O) groups excluding carboxylic acids is 1. The number of hydrazone groups is 1. The molecular weight excluding hydrogens is 356 g/mol. The van der Waals surface area contributed by atoms with Gasteiger partial charge in [0.05, 0.1) is 16.6 Å². The highest BCUT2D eigenvalue weighted by atomic mass is 32.1. The van der Waals surface area contributed by atoms with E-state index in [0.29, 0.717) is 6.42 Å². The molecule has 1 amide bonds. The second kappa shape index (κ2) is 6.58. The molecule has 4 rings (SSSR count). The number of aromatic nitrogens is 3. The molecule has 0 radical (unpaired) electrons. The van der Waals surface area contributed by atoms with Gasteiger partial charge >= 0.3 is 0 Å². The van der Waals surface area contributed by atoms with Gasteiger partial charge in [-0.3, -0.25) is 4.79 Å². The summed E-state index contributed by atoms with van der Waals surface area (Å²) in [6.07, 6.45) is 2.07. The molecular formula is C16H12N6OS2. The first kappa shape index (κ1) is 15.7. The van der Waals surface area contributed by atoms with Crippen LogP contribution in [0.25, 0.3) is 0 Å². The molecule has 0 aliphatic carbocycles. The van der Waals surface area contributed by atoms with Crippen LogP contribution in [-0.4, -0.2) is 31.4 Å². The summed E-state index contributed by atoms with van der Waals surface area (Å²) in [7, 11) is 0. The minimum Gasteiger partial charge on any atom is -0.271 e. The highest BCUT2D eigenvalue weighted by Crippen LogP contribution is 2.35. The van der Waals surface area contributed by atoms with Crippen LogP contribution in [0, 0.1) is 11.3 Å². The molecule has 0 fully saturated rings. The number of amides is 1. The standard InChI is InChI=1S/C16H12N6OS2/c17-8-15-18-10-21(20-15)9-16(23)22-12(14-4-2-6-25-14)7-11(19-22)13-3-1-5-24-13/h1-6,10,12H,7,9H2/t12-/m0/s1. The van der Waals surface area contributed by atoms with E-state index in [1.807, 2.05) is 41.1 Å². The third-order valence-corrected chi connectivity index (χ3v) is 5.67. The predicted molar refractivity (Wildman–Crippen MR) is 94.1 cm³/mol. The molecule has 0 spiro atoms. The maximum Gasteiger partial charge on any atom is 0.265 e. The number of thiophene rings is 2. The zero-order valence-electron chi connectivity index (χ0n) is 12.9. The molecule has 7 nitrogen and oxygen atoms in total. The Morgan fingerprint density at radius 2 is 2.16 bits per heavy atom. The average Bonchev–Trinajstić information content (AvgIpc) is 3.40. The van der Waals surface area contributed by atoms with Crippen molar-refractivity contribution in [3.05, 3.63) is 56.9 Å². The van der Waals surface area contributed by atoms with Crippen LogP contribution >= 0.6 is 22.7 Å². The van der Waals surface area contributed by atoms with Gasteiger partial charge in [-0.1, -0.05) is 12.1 Å². The fraction of sp³-hybridized carbons (Fsp3) is 0.188. The molecule has 4 heterocycles. The Kier molecular flexibility index (Phi) is 4.13. The van der Waals surface area contributed by atoms with E-state index < -0.39 is 0 Å². The van der Waals surface area contributed by atoms with Crippen molar-refractivity contribution in [1.29, 1.82) is 5.26 Å². The van der Waals surface area contributed by atoms with E-state index in [1.165, 1.54) is 16.0 Å². The van der Waals surface area contributed by atoms with E-state index in [-0.39, 0.29) is 24.3 Å². The molecule has 3 aromatic rings. The van der Waals surface area contributed by atoms with Crippen molar-refractivity contribution in [1.82, 2.24) is 19.8 Å². The maximum atomic E-state index is 12.8. The SMILES string of the molecule is N#Cc1ncn(CC(=O)N2N=C(c3cccs3)C[C@H]2c2cccs2)n1. The van der Waals surface area contributed by atoms with Gasteiger partial charge in [-0.2, -0.15) is 10.4 Å². The van der Waals surface area contributed by atoms with Crippen LogP contribution in [0.5, 0.6) is 0 Å². The molecule has 124 valence electrons. The van der Waals surface area contributed by atoms with Gasteiger partial charge in [-0.15, -0.1) is 27.8 Å². The van der Waals surface area contributed by atoms with Crippen LogP contribution in [-0.2, 0) is 11.3 Å². The minimum atomic E-state index is -0.181. The van der Waals surface area contributed by atoms with Crippen LogP contribution in [0.1, 0.15) is 28.0 Å². The highest BCUT2D eigenvalue weighted by Gasteiger charge is 2.34. The monoisotopic (exact) mass is 368 g/mol. The molecule has 1 atom stereocenters. The van der Waals surface area contributed by atoms with Crippen molar-refractivity contribution < 1.29 is 4.79 Å². The fourth-order valence-electron chi connectivity index (χ4n) is 2.67. The molecule has 1 aliphatic heterocycles. The quantitative estimate of drug-likeness (QED) is 0.708. The normalized spacial score (nSPS) is 16.7. The zero-order chi connectivity index (χ0) is 17.2. The molecule has 25 heavy (non-hydrogen) atoms. The van der Waals surface area contributed by atoms with Gasteiger partial charge in [-0.05, 0) is 22.9 Å². The maximum absolute atomic E-state index is 12.8. The van der Waals surface area contributed by atoms with E-state index in [4.69, 9.17) is 5.26 Å². The summed E-state index contributed by atoms with van der Waals surface area (Å²) in [6, 6.07) is 9.73. The lowest BCUT2D eigenvalue weighted by Crippen LogP contribution is -2.30. The lowest BCUT2D eigenvalue weighted by atomic mass is 10.1. The summed E-state index contributed by atoms with van der Waals surface area (Å²) in [5.74, 6) is -0.133. The van der Waals surface area contributed by atoms with E-state index in [1.54, 1.807) is 22.7 Å². The third kappa shape index (κ3) is 3.09. The first-order valence-electron chi connectivity index (χ1n) is 7.51. The topological polar surface area (TPSA) is 87.2 Å². The Morgan fingerprint density at radius 1 is 1.32 bits per heavy atom. The van der Waals surface area contributed by atoms with Gasteiger partial charge in [0.2, 0.25) is 0 Å². The van der Waals surface area contributed by atoms with Crippen molar-refractivity contribution in [2.75, 3.05) is 0 Å². The van der Waals surface area contributed by atoms with Crippen molar-refractivity contribution in [3.8, 4) is 6.07 Å². The van der Waals surface area contributed by atoms with Gasteiger partial charge < -0.3 is 0 Å². The molecule has 0 saturated carbocycles. The average molecular weight is 368 g/mol. The number of carbonyl (C=O) groups is 1. The molecule has 0 N–H and O–H groups in total. The van der Waals surface area contributed by atoms with E-state index in [2.05, 4.69) is 15.2 Å². The van der Waals surface area contributed by atoms with E-state index in [9.17, 15) is 4.79 Å². The van der Waals surface area contributed by atoms with Crippen LogP contribution in [0.15, 0.2) is 46.5 Å². The fourth-order valence-corrected chi connectivity index (χ4v) is 4.20. The first-order valence-corrected chi connectivity index (χ1v) is 9.27. The van der Waals surface area contributed by atoms with Crippen molar-refractivity contribution in [3.63, 3.8) is 0 Å². The largest absolute Gasteiger partial charge is 0.271 e. The summed E-state index contributed by atoms with van der Waals surface area (Å²) in [5.41, 5.74) is 0.915. The van der Waals surface area contributed by atoms with Gasteiger partial charge in [0.1, 0.15) is 18.9 Å². The minimum absolute atomic E-state index is 0.00221. The Balaban J connectivity index is 1.61. The van der Waals surface area contributed by atoms with Gasteiger partial charge in [0, 0.05) is 11.3 Å². The summed E-state index contributed by atoms with van der Waals surface area (Å²) in [5, 5.41) is 22.9. The van der Waals surface area contributed by atoms with E-state index >= 15 is 0 Å². The highest BCUT2D eigenvalue weighted by molar-refractivity contribution is 7.12. The molecule has 0 aromatic carbocycles. The number of nitrogens with zero attached hydrogens (tertiary/aromatic N) is 6. The van der Waals surface area contributed by atoms with Crippen molar-refractivity contribution in [2.24, 2.45) is 5.10 Å². The van der Waals surface area contributed by atoms with Crippen LogP contribution in [0.2, 0.25) is 0 Å². The molecule has 0 saturated heterocycles. The van der Waals surface area contributed by atoms with Crippen LogP contribution in [0.4, 0.5) is 0 Å². The lowest BCUT2D eigenvalue weighted by molar-refractivity contribution is -0.133. The second-order valence-electron chi connectivity index (χ2n) is 5.38. The Bertz CT molecular complexity index is 951. The van der Waals surface area contributed by atoms with Crippen LogP contribution in [0.3, 0.4) is 0 Å². The number of rotatable bonds is 4. The van der Waals surface area contributed by atoms with Crippen molar-refractivity contribution in [2.45, 2.75) is 19.0 Å². The summed E-state index contributed by atoms with van der Waals surface area (Å²) >= 11 is 3.23. The Labute approximate surface area is 151 Å². The number of hydrogen-bond acceptors (Lipinski definition) is 7. The molecule has 1 aliphatic rings. The lowest BCUT2D eigenvalue weighted by Gasteiger charge is -2.20. The molecule has 0 unspecified atom stereocenters.